The molecule has 0 heterocycles. The number of hydrogen-bond donors (Lipinski definition) is 1. The molecule has 17 heavy (non-hydrogen) atoms. The van der Waals surface area contributed by atoms with Crippen LogP contribution in [0.5, 0.6) is 0 Å². The molecule has 1 aromatic carbocycles. The molecule has 0 amide bonds. The number of carbonyl (C=O) groups is 1. The van der Waals surface area contributed by atoms with E-state index in [1.54, 1.807) is 20.8 Å². The Morgan fingerprint density at radius 3 is 2.35 bits per heavy atom. The van der Waals surface area contributed by atoms with Crippen molar-refractivity contribution in [3.63, 3.8) is 0 Å². The first-order valence-electron chi connectivity index (χ1n) is 5.07. The van der Waals surface area contributed by atoms with Gasteiger partial charge in [0.2, 0.25) is 0 Å². The minimum atomic E-state index is -1.30. The Kier molecular flexibility index (Phi) is 3.83. The highest BCUT2D eigenvalue weighted by atomic mass is 19.2. The summed E-state index contributed by atoms with van der Waals surface area (Å²) >= 11 is 0. The van der Waals surface area contributed by atoms with E-state index in [1.807, 2.05) is 0 Å². The van der Waals surface area contributed by atoms with Crippen LogP contribution in [0.3, 0.4) is 0 Å². The van der Waals surface area contributed by atoms with Crippen LogP contribution in [0.1, 0.15) is 36.7 Å². The van der Waals surface area contributed by atoms with Crippen LogP contribution in [0.4, 0.5) is 8.78 Å². The van der Waals surface area contributed by atoms with Gasteiger partial charge in [0.05, 0.1) is 12.2 Å². The van der Waals surface area contributed by atoms with Crippen LogP contribution >= 0.6 is 0 Å². The van der Waals surface area contributed by atoms with Crippen LogP contribution in [-0.4, -0.2) is 16.7 Å². The minimum absolute atomic E-state index is 0.199. The minimum Gasteiger partial charge on any atom is -0.456 e. The summed E-state index contributed by atoms with van der Waals surface area (Å²) in [7, 11) is 0. The number of ether oxygens (including phenoxy) is 1. The van der Waals surface area contributed by atoms with Crippen molar-refractivity contribution >= 4 is 5.97 Å². The summed E-state index contributed by atoms with van der Waals surface area (Å²) in [5, 5.41) is 8.74. The molecular weight excluding hydrogens is 230 g/mol. The molecule has 0 saturated heterocycles. The topological polar surface area (TPSA) is 46.5 Å². The van der Waals surface area contributed by atoms with E-state index in [-0.39, 0.29) is 5.56 Å². The normalized spacial score (nSPS) is 11.4. The van der Waals surface area contributed by atoms with Crippen molar-refractivity contribution in [2.45, 2.75) is 33.0 Å². The Hall–Kier alpha value is -1.49. The molecule has 0 aliphatic heterocycles. The fourth-order valence-corrected chi connectivity index (χ4v) is 1.20. The second-order valence-corrected chi connectivity index (χ2v) is 4.56. The molecule has 5 heteroatoms. The first-order valence-corrected chi connectivity index (χ1v) is 5.07. The fourth-order valence-electron chi connectivity index (χ4n) is 1.20. The SMILES string of the molecule is CC(C)(C)OC(=O)c1ccc(CO)c(F)c1F. The second kappa shape index (κ2) is 4.79. The van der Waals surface area contributed by atoms with Crippen LogP contribution < -0.4 is 0 Å². The van der Waals surface area contributed by atoms with Gasteiger partial charge in [-0.15, -0.1) is 0 Å². The molecule has 0 aromatic heterocycles. The van der Waals surface area contributed by atoms with Gasteiger partial charge in [0.1, 0.15) is 5.60 Å². The van der Waals surface area contributed by atoms with E-state index in [0.717, 1.165) is 12.1 Å². The molecule has 0 bridgehead atoms. The van der Waals surface area contributed by atoms with Gasteiger partial charge in [-0.05, 0) is 26.8 Å². The smallest absolute Gasteiger partial charge is 0.341 e. The van der Waals surface area contributed by atoms with Crippen LogP contribution in [0.2, 0.25) is 0 Å². The standard InChI is InChI=1S/C12H14F2O3/c1-12(2,3)17-11(16)8-5-4-7(6-15)9(13)10(8)14/h4-5,15H,6H2,1-3H3. The number of aliphatic hydroxyl groups excluding tert-OH is 1. The quantitative estimate of drug-likeness (QED) is 0.812. The lowest BCUT2D eigenvalue weighted by Crippen LogP contribution is -2.24. The van der Waals surface area contributed by atoms with Crippen LogP contribution in [0, 0.1) is 11.6 Å². The highest BCUT2D eigenvalue weighted by Gasteiger charge is 2.23. The predicted molar refractivity (Wildman–Crippen MR) is 57.4 cm³/mol. The first-order chi connectivity index (χ1) is 7.76. The second-order valence-electron chi connectivity index (χ2n) is 4.56. The summed E-state index contributed by atoms with van der Waals surface area (Å²) in [6, 6.07) is 2.25. The molecule has 0 radical (unpaired) electrons. The summed E-state index contributed by atoms with van der Waals surface area (Å²) in [5.74, 6) is -3.46. The lowest BCUT2D eigenvalue weighted by Gasteiger charge is -2.19. The zero-order chi connectivity index (χ0) is 13.2. The lowest BCUT2D eigenvalue weighted by atomic mass is 10.1. The molecule has 0 spiro atoms. The molecule has 0 aliphatic rings. The molecule has 1 rings (SSSR count). The first kappa shape index (κ1) is 13.6. The molecule has 1 aromatic rings. The number of hydrogen-bond acceptors (Lipinski definition) is 3. The Labute approximate surface area is 98.0 Å². The maximum Gasteiger partial charge on any atom is 0.341 e. The van der Waals surface area contributed by atoms with Crippen molar-refractivity contribution < 1.29 is 23.4 Å². The summed E-state index contributed by atoms with van der Waals surface area (Å²) in [6.45, 7) is 4.25. The third-order valence-electron chi connectivity index (χ3n) is 1.95. The average Bonchev–Trinajstić information content (AvgIpc) is 2.19. The van der Waals surface area contributed by atoms with Gasteiger partial charge < -0.3 is 9.84 Å². The van der Waals surface area contributed by atoms with Gasteiger partial charge in [0.25, 0.3) is 0 Å². The molecular formula is C12H14F2O3. The Bertz CT molecular complexity index is 436. The maximum atomic E-state index is 13.5. The Balaban J connectivity index is 3.08. The monoisotopic (exact) mass is 244 g/mol. The van der Waals surface area contributed by atoms with Gasteiger partial charge in [-0.2, -0.15) is 0 Å². The van der Waals surface area contributed by atoms with E-state index in [0.29, 0.717) is 0 Å². The molecule has 94 valence electrons. The summed E-state index contributed by atoms with van der Waals surface area (Å²) < 4.78 is 31.7. The third-order valence-corrected chi connectivity index (χ3v) is 1.95. The van der Waals surface area contributed by atoms with Gasteiger partial charge in [-0.25, -0.2) is 13.6 Å². The van der Waals surface area contributed by atoms with Crippen molar-refractivity contribution in [2.24, 2.45) is 0 Å². The van der Waals surface area contributed by atoms with E-state index < -0.39 is 35.4 Å². The highest BCUT2D eigenvalue weighted by molar-refractivity contribution is 5.90. The molecule has 0 saturated carbocycles. The molecule has 0 aliphatic carbocycles. The largest absolute Gasteiger partial charge is 0.456 e. The number of esters is 1. The Morgan fingerprint density at radius 2 is 1.88 bits per heavy atom. The zero-order valence-electron chi connectivity index (χ0n) is 9.88. The number of halogens is 2. The zero-order valence-corrected chi connectivity index (χ0v) is 9.88. The van der Waals surface area contributed by atoms with E-state index >= 15 is 0 Å². The number of aliphatic hydroxyl groups is 1. The van der Waals surface area contributed by atoms with E-state index in [2.05, 4.69) is 0 Å². The molecule has 0 unspecified atom stereocenters. The lowest BCUT2D eigenvalue weighted by molar-refractivity contribution is 0.00634. The van der Waals surface area contributed by atoms with Gasteiger partial charge >= 0.3 is 5.97 Å². The van der Waals surface area contributed by atoms with Gasteiger partial charge in [-0.1, -0.05) is 6.07 Å². The highest BCUT2D eigenvalue weighted by Crippen LogP contribution is 2.19. The number of carbonyl (C=O) groups excluding carboxylic acids is 1. The molecule has 3 nitrogen and oxygen atoms in total. The van der Waals surface area contributed by atoms with Crippen LogP contribution in [0.25, 0.3) is 0 Å². The van der Waals surface area contributed by atoms with E-state index in [4.69, 9.17) is 9.84 Å². The van der Waals surface area contributed by atoms with Gasteiger partial charge in [0, 0.05) is 5.56 Å². The summed E-state index contributed by atoms with van der Waals surface area (Å²) in [6.07, 6.45) is 0. The average molecular weight is 244 g/mol. The van der Waals surface area contributed by atoms with Gasteiger partial charge in [-0.3, -0.25) is 0 Å². The predicted octanol–water partition coefficient (Wildman–Crippen LogP) is 2.41. The van der Waals surface area contributed by atoms with Crippen LogP contribution in [-0.2, 0) is 11.3 Å². The molecule has 1 N–H and O–H groups in total. The molecule has 0 fully saturated rings. The summed E-state index contributed by atoms with van der Waals surface area (Å²) in [4.78, 5) is 11.5. The maximum absolute atomic E-state index is 13.5. The van der Waals surface area contributed by atoms with E-state index in [1.165, 1.54) is 0 Å². The van der Waals surface area contributed by atoms with Crippen LogP contribution in [0.15, 0.2) is 12.1 Å². The third kappa shape index (κ3) is 3.23. The number of benzene rings is 1. The van der Waals surface area contributed by atoms with Crippen molar-refractivity contribution in [2.75, 3.05) is 0 Å². The number of rotatable bonds is 2. The summed E-state index contributed by atoms with van der Waals surface area (Å²) in [5.41, 5.74) is -1.46. The van der Waals surface area contributed by atoms with Crippen molar-refractivity contribution in [3.05, 3.63) is 34.9 Å². The van der Waals surface area contributed by atoms with Crippen molar-refractivity contribution in [3.8, 4) is 0 Å². The fraction of sp³-hybridized carbons (Fsp3) is 0.417. The van der Waals surface area contributed by atoms with E-state index in [9.17, 15) is 13.6 Å². The van der Waals surface area contributed by atoms with Crippen molar-refractivity contribution in [1.82, 2.24) is 0 Å². The molecule has 0 atom stereocenters. The Morgan fingerprint density at radius 1 is 1.29 bits per heavy atom. The van der Waals surface area contributed by atoms with Crippen molar-refractivity contribution in [1.29, 1.82) is 0 Å². The van der Waals surface area contributed by atoms with Gasteiger partial charge in [0.15, 0.2) is 11.6 Å².